The van der Waals surface area contributed by atoms with Gasteiger partial charge in [-0.15, -0.1) is 0 Å². The lowest BCUT2D eigenvalue weighted by Crippen LogP contribution is -2.41. The van der Waals surface area contributed by atoms with E-state index in [4.69, 9.17) is 5.26 Å². The van der Waals surface area contributed by atoms with Gasteiger partial charge in [0.1, 0.15) is 11.4 Å². The number of aromatic nitrogens is 2. The smallest absolute Gasteiger partial charge is 0.138 e. The number of halogens is 1. The average Bonchev–Trinajstić information content (AvgIpc) is 3.28. The van der Waals surface area contributed by atoms with Crippen LogP contribution in [0.4, 0.5) is 4.39 Å². The van der Waals surface area contributed by atoms with E-state index in [1.165, 1.54) is 6.07 Å². The molecule has 0 radical (unpaired) electrons. The second-order valence-corrected chi connectivity index (χ2v) is 8.43. The van der Waals surface area contributed by atoms with Crippen LogP contribution in [-0.2, 0) is 5.60 Å². The molecule has 4 nitrogen and oxygen atoms in total. The quantitative estimate of drug-likeness (QED) is 0.523. The number of rotatable bonds is 2. The van der Waals surface area contributed by atoms with Gasteiger partial charge in [0.15, 0.2) is 0 Å². The number of hydrogen-bond acceptors (Lipinski definition) is 3. The summed E-state index contributed by atoms with van der Waals surface area (Å²) in [5.41, 5.74) is -0.111. The number of aliphatic hydroxyl groups is 1. The molecule has 0 bridgehead atoms. The highest BCUT2D eigenvalue weighted by Gasteiger charge is 2.59. The maximum absolute atomic E-state index is 15.0. The van der Waals surface area contributed by atoms with Gasteiger partial charge in [0.25, 0.3) is 0 Å². The van der Waals surface area contributed by atoms with E-state index in [0.717, 1.165) is 16.3 Å². The van der Waals surface area contributed by atoms with Gasteiger partial charge >= 0.3 is 0 Å². The Morgan fingerprint density at radius 3 is 2.57 bits per heavy atom. The van der Waals surface area contributed by atoms with Crippen molar-refractivity contribution in [3.05, 3.63) is 101 Å². The van der Waals surface area contributed by atoms with Gasteiger partial charge in [0.2, 0.25) is 0 Å². The predicted octanol–water partition coefficient (Wildman–Crippen LogP) is 4.91. The Morgan fingerprint density at radius 1 is 1.07 bits per heavy atom. The fourth-order valence-corrected chi connectivity index (χ4v) is 4.96. The molecule has 0 saturated heterocycles. The van der Waals surface area contributed by atoms with Crippen molar-refractivity contribution in [3.63, 3.8) is 0 Å². The standard InChI is InChI=1S/C25H20FN3O/c1-24(2)23(20-10-7-16(13-27)11-21(20)26)29-15-28-14-22(29)25(24,30)19-9-8-17-5-3-4-6-18(17)12-19/h3-12,14-15,23,30H,1-2H3/t23-,25?/m0/s1. The highest BCUT2D eigenvalue weighted by Crippen LogP contribution is 2.59. The summed E-state index contributed by atoms with van der Waals surface area (Å²) in [6.45, 7) is 3.88. The van der Waals surface area contributed by atoms with E-state index in [2.05, 4.69) is 4.98 Å². The lowest BCUT2D eigenvalue weighted by molar-refractivity contribution is -0.0309. The molecule has 0 aliphatic carbocycles. The Balaban J connectivity index is 1.74. The molecule has 2 heterocycles. The van der Waals surface area contributed by atoms with Crippen LogP contribution in [0.2, 0.25) is 0 Å². The summed E-state index contributed by atoms with van der Waals surface area (Å²) >= 11 is 0. The first-order valence-electron chi connectivity index (χ1n) is 9.81. The lowest BCUT2D eigenvalue weighted by Gasteiger charge is -2.40. The molecule has 0 spiro atoms. The SMILES string of the molecule is CC1(C)[C@H](c2ccc(C#N)cc2F)n2cncc2C1(O)c1ccc2ccccc2c1. The molecule has 1 aliphatic rings. The summed E-state index contributed by atoms with van der Waals surface area (Å²) in [4.78, 5) is 4.26. The summed E-state index contributed by atoms with van der Waals surface area (Å²) in [6, 6.07) is 19.9. The molecule has 5 heteroatoms. The highest BCUT2D eigenvalue weighted by molar-refractivity contribution is 5.83. The molecule has 5 rings (SSSR count). The predicted molar refractivity (Wildman–Crippen MR) is 112 cm³/mol. The molecule has 1 aromatic heterocycles. The first-order chi connectivity index (χ1) is 14.4. The molecule has 1 unspecified atom stereocenters. The average molecular weight is 397 g/mol. The van der Waals surface area contributed by atoms with Gasteiger partial charge in [-0.2, -0.15) is 5.26 Å². The van der Waals surface area contributed by atoms with Crippen molar-refractivity contribution in [2.45, 2.75) is 25.5 Å². The molecule has 2 atom stereocenters. The maximum Gasteiger partial charge on any atom is 0.138 e. The molecule has 0 fully saturated rings. The fraction of sp³-hybridized carbons (Fsp3) is 0.200. The van der Waals surface area contributed by atoms with Crippen LogP contribution < -0.4 is 0 Å². The number of nitrogens with zero attached hydrogens (tertiary/aromatic N) is 3. The molecule has 1 N–H and O–H groups in total. The van der Waals surface area contributed by atoms with Crippen LogP contribution >= 0.6 is 0 Å². The summed E-state index contributed by atoms with van der Waals surface area (Å²) in [5, 5.41) is 23.4. The van der Waals surface area contributed by atoms with Crippen molar-refractivity contribution in [1.29, 1.82) is 5.26 Å². The third kappa shape index (κ3) is 2.31. The summed E-state index contributed by atoms with van der Waals surface area (Å²) in [7, 11) is 0. The topological polar surface area (TPSA) is 61.8 Å². The van der Waals surface area contributed by atoms with Gasteiger partial charge < -0.3 is 9.67 Å². The van der Waals surface area contributed by atoms with Crippen molar-refractivity contribution in [1.82, 2.24) is 9.55 Å². The van der Waals surface area contributed by atoms with Gasteiger partial charge in [-0.05, 0) is 34.5 Å². The Kier molecular flexibility index (Phi) is 3.86. The minimum absolute atomic E-state index is 0.266. The Labute approximate surface area is 173 Å². The van der Waals surface area contributed by atoms with E-state index in [1.807, 2.05) is 66.9 Å². The number of benzene rings is 3. The maximum atomic E-state index is 15.0. The molecular formula is C25H20FN3O. The molecule has 148 valence electrons. The normalized spacial score (nSPS) is 22.0. The second kappa shape index (κ2) is 6.25. The van der Waals surface area contributed by atoms with E-state index in [0.29, 0.717) is 11.3 Å². The lowest BCUT2D eigenvalue weighted by atomic mass is 9.66. The van der Waals surface area contributed by atoms with Gasteiger partial charge in [0, 0.05) is 11.0 Å². The van der Waals surface area contributed by atoms with Gasteiger partial charge in [-0.1, -0.05) is 56.3 Å². The first kappa shape index (κ1) is 18.5. The molecule has 30 heavy (non-hydrogen) atoms. The Morgan fingerprint density at radius 2 is 1.83 bits per heavy atom. The van der Waals surface area contributed by atoms with E-state index < -0.39 is 22.9 Å². The van der Waals surface area contributed by atoms with Crippen molar-refractivity contribution in [2.24, 2.45) is 5.41 Å². The van der Waals surface area contributed by atoms with Crippen LogP contribution in [0.15, 0.2) is 73.2 Å². The molecule has 0 amide bonds. The van der Waals surface area contributed by atoms with Crippen molar-refractivity contribution in [3.8, 4) is 6.07 Å². The zero-order valence-electron chi connectivity index (χ0n) is 16.7. The number of fused-ring (bicyclic) bond motifs is 2. The first-order valence-corrected chi connectivity index (χ1v) is 9.81. The number of nitriles is 1. The highest BCUT2D eigenvalue weighted by atomic mass is 19.1. The molecule has 1 aliphatic heterocycles. The number of hydrogen-bond donors (Lipinski definition) is 1. The monoisotopic (exact) mass is 397 g/mol. The summed E-state index contributed by atoms with van der Waals surface area (Å²) in [6.07, 6.45) is 3.29. The summed E-state index contributed by atoms with van der Waals surface area (Å²) < 4.78 is 16.9. The van der Waals surface area contributed by atoms with E-state index in [1.54, 1.807) is 24.7 Å². The van der Waals surface area contributed by atoms with E-state index in [-0.39, 0.29) is 5.56 Å². The molecule has 3 aromatic carbocycles. The summed E-state index contributed by atoms with van der Waals surface area (Å²) in [5.74, 6) is -0.463. The van der Waals surface area contributed by atoms with Gasteiger partial charge in [0.05, 0.1) is 35.9 Å². The van der Waals surface area contributed by atoms with Crippen LogP contribution in [0.1, 0.15) is 42.3 Å². The van der Waals surface area contributed by atoms with Crippen LogP contribution in [0.5, 0.6) is 0 Å². The zero-order chi connectivity index (χ0) is 21.1. The molecule has 0 saturated carbocycles. The van der Waals surface area contributed by atoms with E-state index in [9.17, 15) is 5.11 Å². The Bertz CT molecular complexity index is 1330. The largest absolute Gasteiger partial charge is 0.378 e. The van der Waals surface area contributed by atoms with Crippen LogP contribution in [0.3, 0.4) is 0 Å². The Hall–Kier alpha value is -3.49. The van der Waals surface area contributed by atoms with Gasteiger partial charge in [-0.3, -0.25) is 0 Å². The molecule has 4 aromatic rings. The second-order valence-electron chi connectivity index (χ2n) is 8.43. The van der Waals surface area contributed by atoms with Crippen LogP contribution in [-0.4, -0.2) is 14.7 Å². The van der Waals surface area contributed by atoms with Crippen molar-refractivity contribution >= 4 is 10.8 Å². The number of imidazole rings is 1. The van der Waals surface area contributed by atoms with Crippen molar-refractivity contribution < 1.29 is 9.50 Å². The van der Waals surface area contributed by atoms with E-state index >= 15 is 4.39 Å². The zero-order valence-corrected chi connectivity index (χ0v) is 16.7. The van der Waals surface area contributed by atoms with Crippen molar-refractivity contribution in [2.75, 3.05) is 0 Å². The third-order valence-electron chi connectivity index (χ3n) is 6.52. The molecular weight excluding hydrogens is 377 g/mol. The third-order valence-corrected chi connectivity index (χ3v) is 6.52. The minimum Gasteiger partial charge on any atom is -0.378 e. The van der Waals surface area contributed by atoms with Gasteiger partial charge in [-0.25, -0.2) is 9.37 Å². The van der Waals surface area contributed by atoms with Crippen LogP contribution in [0.25, 0.3) is 10.8 Å². The minimum atomic E-state index is -1.38. The van der Waals surface area contributed by atoms with Crippen LogP contribution in [0, 0.1) is 22.6 Å². The fourth-order valence-electron chi connectivity index (χ4n) is 4.96.